The van der Waals surface area contributed by atoms with Crippen LogP contribution in [-0.2, 0) is 0 Å². The minimum atomic E-state index is -0.260. The van der Waals surface area contributed by atoms with E-state index in [1.807, 2.05) is 31.2 Å². The maximum atomic E-state index is 10.8. The molecule has 1 aromatic carbocycles. The maximum absolute atomic E-state index is 10.8. The minimum Gasteiger partial charge on any atom is -0.393 e. The lowest BCUT2D eigenvalue weighted by atomic mass is 9.93. The van der Waals surface area contributed by atoms with Crippen LogP contribution in [0.15, 0.2) is 24.3 Å². The highest BCUT2D eigenvalue weighted by Gasteiger charge is 2.31. The van der Waals surface area contributed by atoms with E-state index in [-0.39, 0.29) is 6.10 Å². The van der Waals surface area contributed by atoms with Crippen molar-refractivity contribution in [3.63, 3.8) is 0 Å². The molecule has 0 aromatic heterocycles. The van der Waals surface area contributed by atoms with Gasteiger partial charge in [0.2, 0.25) is 0 Å². The van der Waals surface area contributed by atoms with Crippen LogP contribution in [0.25, 0.3) is 0 Å². The molecule has 2 rings (SSSR count). The first kappa shape index (κ1) is 10.2. The standard InChI is InChI=1S/C12H15NO2/c1-9(15)11-6-13(7-11)12-5-3-2-4-10(12)8-14/h2-5,8-9,11,15H,6-7H2,1H3/t9-/m1/s1. The number of benzene rings is 1. The first-order valence-electron chi connectivity index (χ1n) is 5.19. The van der Waals surface area contributed by atoms with E-state index in [1.165, 1.54) is 0 Å². The number of carbonyl (C=O) groups excluding carboxylic acids is 1. The number of nitrogens with zero attached hydrogens (tertiary/aromatic N) is 1. The lowest BCUT2D eigenvalue weighted by Crippen LogP contribution is -2.51. The summed E-state index contributed by atoms with van der Waals surface area (Å²) in [5, 5.41) is 9.37. The maximum Gasteiger partial charge on any atom is 0.152 e. The molecule has 1 saturated heterocycles. The zero-order valence-electron chi connectivity index (χ0n) is 8.76. The molecule has 1 aliphatic rings. The summed E-state index contributed by atoms with van der Waals surface area (Å²) in [6.45, 7) is 3.48. The Morgan fingerprint density at radius 1 is 1.47 bits per heavy atom. The lowest BCUT2D eigenvalue weighted by molar-refractivity contribution is 0.107. The number of rotatable bonds is 3. The highest BCUT2D eigenvalue weighted by molar-refractivity contribution is 5.84. The van der Waals surface area contributed by atoms with Crippen molar-refractivity contribution in [3.05, 3.63) is 29.8 Å². The van der Waals surface area contributed by atoms with Gasteiger partial charge in [-0.05, 0) is 19.1 Å². The smallest absolute Gasteiger partial charge is 0.152 e. The van der Waals surface area contributed by atoms with Crippen molar-refractivity contribution in [1.82, 2.24) is 0 Å². The SMILES string of the molecule is C[C@@H](O)C1CN(c2ccccc2C=O)C1. The fourth-order valence-corrected chi connectivity index (χ4v) is 1.89. The van der Waals surface area contributed by atoms with Crippen LogP contribution in [0.4, 0.5) is 5.69 Å². The summed E-state index contributed by atoms with van der Waals surface area (Å²) in [4.78, 5) is 12.9. The van der Waals surface area contributed by atoms with Gasteiger partial charge in [-0.15, -0.1) is 0 Å². The third-order valence-electron chi connectivity index (χ3n) is 3.00. The van der Waals surface area contributed by atoms with Crippen LogP contribution in [0.3, 0.4) is 0 Å². The first-order valence-corrected chi connectivity index (χ1v) is 5.19. The van der Waals surface area contributed by atoms with E-state index >= 15 is 0 Å². The van der Waals surface area contributed by atoms with Crippen molar-refractivity contribution in [2.45, 2.75) is 13.0 Å². The molecule has 0 unspecified atom stereocenters. The third-order valence-corrected chi connectivity index (χ3v) is 3.00. The molecule has 15 heavy (non-hydrogen) atoms. The summed E-state index contributed by atoms with van der Waals surface area (Å²) in [5.41, 5.74) is 1.70. The molecule has 0 bridgehead atoms. The number of para-hydroxylation sites is 1. The van der Waals surface area contributed by atoms with Crippen molar-refractivity contribution in [1.29, 1.82) is 0 Å². The third kappa shape index (κ3) is 1.88. The van der Waals surface area contributed by atoms with Crippen molar-refractivity contribution in [2.75, 3.05) is 18.0 Å². The van der Waals surface area contributed by atoms with Gasteiger partial charge in [0.25, 0.3) is 0 Å². The molecule has 0 amide bonds. The Balaban J connectivity index is 2.09. The average molecular weight is 205 g/mol. The zero-order valence-corrected chi connectivity index (χ0v) is 8.76. The number of anilines is 1. The van der Waals surface area contributed by atoms with Crippen LogP contribution >= 0.6 is 0 Å². The molecule has 1 heterocycles. The van der Waals surface area contributed by atoms with Gasteiger partial charge < -0.3 is 10.0 Å². The molecule has 1 atom stereocenters. The number of hydrogen-bond acceptors (Lipinski definition) is 3. The molecule has 3 heteroatoms. The molecule has 1 aromatic rings. The number of aldehydes is 1. The summed E-state index contributed by atoms with van der Waals surface area (Å²) < 4.78 is 0. The van der Waals surface area contributed by atoms with Crippen LogP contribution in [0.1, 0.15) is 17.3 Å². The Morgan fingerprint density at radius 3 is 2.73 bits per heavy atom. The van der Waals surface area contributed by atoms with E-state index in [1.54, 1.807) is 0 Å². The van der Waals surface area contributed by atoms with Crippen molar-refractivity contribution >= 4 is 12.0 Å². The molecule has 1 N–H and O–H groups in total. The van der Waals surface area contributed by atoms with E-state index in [0.29, 0.717) is 5.92 Å². The molecule has 3 nitrogen and oxygen atoms in total. The van der Waals surface area contributed by atoms with Gasteiger partial charge in [0.1, 0.15) is 0 Å². The van der Waals surface area contributed by atoms with Gasteiger partial charge in [-0.25, -0.2) is 0 Å². The van der Waals surface area contributed by atoms with Crippen LogP contribution < -0.4 is 4.90 Å². The number of carbonyl (C=O) groups is 1. The summed E-state index contributed by atoms with van der Waals surface area (Å²) in [6.07, 6.45) is 0.620. The molecule has 0 spiro atoms. The van der Waals surface area contributed by atoms with E-state index < -0.39 is 0 Å². The van der Waals surface area contributed by atoms with Crippen LogP contribution in [0.5, 0.6) is 0 Å². The summed E-state index contributed by atoms with van der Waals surface area (Å²) in [5.74, 6) is 0.338. The topological polar surface area (TPSA) is 40.5 Å². The van der Waals surface area contributed by atoms with Crippen LogP contribution in [0.2, 0.25) is 0 Å². The fourth-order valence-electron chi connectivity index (χ4n) is 1.89. The second-order valence-electron chi connectivity index (χ2n) is 4.08. The van der Waals surface area contributed by atoms with Gasteiger partial charge >= 0.3 is 0 Å². The summed E-state index contributed by atoms with van der Waals surface area (Å²) in [6, 6.07) is 7.55. The summed E-state index contributed by atoms with van der Waals surface area (Å²) in [7, 11) is 0. The molecule has 1 aliphatic heterocycles. The summed E-state index contributed by atoms with van der Waals surface area (Å²) >= 11 is 0. The van der Waals surface area contributed by atoms with E-state index in [2.05, 4.69) is 4.90 Å². The predicted molar refractivity (Wildman–Crippen MR) is 59.2 cm³/mol. The first-order chi connectivity index (χ1) is 7.22. The van der Waals surface area contributed by atoms with Gasteiger partial charge in [-0.1, -0.05) is 12.1 Å². The van der Waals surface area contributed by atoms with Crippen molar-refractivity contribution < 1.29 is 9.90 Å². The number of aliphatic hydroxyl groups excluding tert-OH is 1. The molecular weight excluding hydrogens is 190 g/mol. The van der Waals surface area contributed by atoms with E-state index in [9.17, 15) is 9.90 Å². The highest BCUT2D eigenvalue weighted by atomic mass is 16.3. The number of aliphatic hydroxyl groups is 1. The lowest BCUT2D eigenvalue weighted by Gasteiger charge is -2.43. The highest BCUT2D eigenvalue weighted by Crippen LogP contribution is 2.28. The molecule has 0 saturated carbocycles. The van der Waals surface area contributed by atoms with Crippen molar-refractivity contribution in [2.24, 2.45) is 5.92 Å². The van der Waals surface area contributed by atoms with E-state index in [0.717, 1.165) is 30.6 Å². The average Bonchev–Trinajstić information content (AvgIpc) is 2.15. The Labute approximate surface area is 89.3 Å². The van der Waals surface area contributed by atoms with Crippen molar-refractivity contribution in [3.8, 4) is 0 Å². The Morgan fingerprint density at radius 2 is 2.13 bits per heavy atom. The Bertz CT molecular complexity index is 356. The second-order valence-corrected chi connectivity index (χ2v) is 4.08. The Kier molecular flexibility index (Phi) is 2.73. The van der Waals surface area contributed by atoms with Crippen LogP contribution in [0, 0.1) is 5.92 Å². The monoisotopic (exact) mass is 205 g/mol. The van der Waals surface area contributed by atoms with Gasteiger partial charge in [0.15, 0.2) is 6.29 Å². The van der Waals surface area contributed by atoms with Gasteiger partial charge in [0, 0.05) is 30.3 Å². The number of hydrogen-bond donors (Lipinski definition) is 1. The molecule has 80 valence electrons. The Hall–Kier alpha value is -1.35. The molecular formula is C12H15NO2. The fraction of sp³-hybridized carbons (Fsp3) is 0.417. The zero-order chi connectivity index (χ0) is 10.8. The van der Waals surface area contributed by atoms with Gasteiger partial charge in [-0.2, -0.15) is 0 Å². The molecule has 0 radical (unpaired) electrons. The van der Waals surface area contributed by atoms with Gasteiger partial charge in [0.05, 0.1) is 6.10 Å². The second kappa shape index (κ2) is 4.03. The predicted octanol–water partition coefficient (Wildman–Crippen LogP) is 1.32. The van der Waals surface area contributed by atoms with Crippen LogP contribution in [-0.4, -0.2) is 30.6 Å². The minimum absolute atomic E-state index is 0.260. The largest absolute Gasteiger partial charge is 0.393 e. The quantitative estimate of drug-likeness (QED) is 0.756. The molecule has 1 fully saturated rings. The normalized spacial score (nSPS) is 18.4. The van der Waals surface area contributed by atoms with Gasteiger partial charge in [-0.3, -0.25) is 4.79 Å². The molecule has 0 aliphatic carbocycles. The van der Waals surface area contributed by atoms with E-state index in [4.69, 9.17) is 0 Å².